The van der Waals surface area contributed by atoms with Crippen LogP contribution in [0.3, 0.4) is 0 Å². The van der Waals surface area contributed by atoms with Gasteiger partial charge >= 0.3 is 0 Å². The molecular formula is C12H12F2. The van der Waals surface area contributed by atoms with Crippen LogP contribution in [0.4, 0.5) is 8.78 Å². The van der Waals surface area contributed by atoms with Crippen molar-refractivity contribution in [2.24, 2.45) is 11.8 Å². The highest BCUT2D eigenvalue weighted by Gasteiger charge is 2.58. The largest absolute Gasteiger partial charge is 0.207 e. The van der Waals surface area contributed by atoms with Crippen molar-refractivity contribution >= 4 is 0 Å². The lowest BCUT2D eigenvalue weighted by atomic mass is 9.94. The Kier molecular flexibility index (Phi) is 1.41. The van der Waals surface area contributed by atoms with E-state index in [-0.39, 0.29) is 23.5 Å². The fraction of sp³-hybridized carbons (Fsp3) is 0.500. The predicted octanol–water partition coefficient (Wildman–Crippen LogP) is 3.43. The fourth-order valence-electron chi connectivity index (χ4n) is 3.29. The third kappa shape index (κ3) is 0.776. The summed E-state index contributed by atoms with van der Waals surface area (Å²) in [5.74, 6) is 1.06. The van der Waals surface area contributed by atoms with E-state index in [9.17, 15) is 8.78 Å². The Hall–Kier alpha value is -0.920. The Morgan fingerprint density at radius 3 is 2.21 bits per heavy atom. The number of benzene rings is 1. The van der Waals surface area contributed by atoms with E-state index in [4.69, 9.17) is 0 Å². The molecule has 1 saturated carbocycles. The van der Waals surface area contributed by atoms with Gasteiger partial charge in [0.2, 0.25) is 0 Å². The van der Waals surface area contributed by atoms with E-state index in [1.807, 2.05) is 6.92 Å². The highest BCUT2D eigenvalue weighted by Crippen LogP contribution is 2.67. The van der Waals surface area contributed by atoms with Gasteiger partial charge in [-0.2, -0.15) is 0 Å². The predicted molar refractivity (Wildman–Crippen MR) is 50.2 cm³/mol. The van der Waals surface area contributed by atoms with Crippen molar-refractivity contribution in [1.82, 2.24) is 0 Å². The van der Waals surface area contributed by atoms with Gasteiger partial charge in [0.1, 0.15) is 11.6 Å². The molecule has 0 heterocycles. The highest BCUT2D eigenvalue weighted by atomic mass is 19.1. The SMILES string of the molecule is CC1c2c(F)ccc(F)c2C2C(C)C12. The van der Waals surface area contributed by atoms with Gasteiger partial charge in [0.25, 0.3) is 0 Å². The van der Waals surface area contributed by atoms with Crippen LogP contribution in [0.15, 0.2) is 12.1 Å². The second-order valence-electron chi connectivity index (χ2n) is 4.61. The third-order valence-electron chi connectivity index (χ3n) is 3.99. The number of rotatable bonds is 0. The van der Waals surface area contributed by atoms with Crippen molar-refractivity contribution in [3.8, 4) is 0 Å². The lowest BCUT2D eigenvalue weighted by Gasteiger charge is -2.12. The molecule has 0 aliphatic heterocycles. The molecule has 0 amide bonds. The van der Waals surface area contributed by atoms with Crippen molar-refractivity contribution in [2.75, 3.05) is 0 Å². The van der Waals surface area contributed by atoms with E-state index in [1.54, 1.807) is 0 Å². The van der Waals surface area contributed by atoms with Crippen molar-refractivity contribution in [3.05, 3.63) is 34.9 Å². The topological polar surface area (TPSA) is 0 Å². The molecule has 4 atom stereocenters. The van der Waals surface area contributed by atoms with E-state index in [0.29, 0.717) is 23.0 Å². The Morgan fingerprint density at radius 1 is 1.00 bits per heavy atom. The van der Waals surface area contributed by atoms with Crippen LogP contribution in [-0.2, 0) is 0 Å². The minimum absolute atomic E-state index is 0.195. The average molecular weight is 194 g/mol. The zero-order valence-electron chi connectivity index (χ0n) is 8.22. The molecule has 0 aromatic heterocycles. The Balaban J connectivity index is 2.25. The summed E-state index contributed by atoms with van der Waals surface area (Å²) in [4.78, 5) is 0. The fourth-order valence-corrected chi connectivity index (χ4v) is 3.29. The molecule has 2 heteroatoms. The summed E-state index contributed by atoms with van der Waals surface area (Å²) in [5.41, 5.74) is 1.30. The van der Waals surface area contributed by atoms with Crippen LogP contribution < -0.4 is 0 Å². The molecular weight excluding hydrogens is 182 g/mol. The molecule has 1 aromatic carbocycles. The van der Waals surface area contributed by atoms with Crippen molar-refractivity contribution in [2.45, 2.75) is 25.7 Å². The highest BCUT2D eigenvalue weighted by molar-refractivity contribution is 5.47. The second kappa shape index (κ2) is 2.36. The van der Waals surface area contributed by atoms with E-state index >= 15 is 0 Å². The number of halogens is 2. The molecule has 3 rings (SSSR count). The van der Waals surface area contributed by atoms with Crippen LogP contribution in [0.25, 0.3) is 0 Å². The molecule has 0 saturated heterocycles. The maximum absolute atomic E-state index is 13.5. The molecule has 0 bridgehead atoms. The first-order valence-corrected chi connectivity index (χ1v) is 5.10. The van der Waals surface area contributed by atoms with E-state index in [2.05, 4.69) is 6.92 Å². The van der Waals surface area contributed by atoms with Gasteiger partial charge in [0.05, 0.1) is 0 Å². The molecule has 0 radical (unpaired) electrons. The van der Waals surface area contributed by atoms with Crippen LogP contribution in [0.1, 0.15) is 36.8 Å². The van der Waals surface area contributed by atoms with Crippen LogP contribution in [-0.4, -0.2) is 0 Å². The molecule has 14 heavy (non-hydrogen) atoms. The van der Waals surface area contributed by atoms with Crippen molar-refractivity contribution in [3.63, 3.8) is 0 Å². The maximum Gasteiger partial charge on any atom is 0.127 e. The van der Waals surface area contributed by atoms with Gasteiger partial charge < -0.3 is 0 Å². The molecule has 1 fully saturated rings. The molecule has 0 nitrogen and oxygen atoms in total. The van der Waals surface area contributed by atoms with E-state index in [0.717, 1.165) is 0 Å². The first-order valence-electron chi connectivity index (χ1n) is 5.10. The van der Waals surface area contributed by atoms with Gasteiger partial charge in [-0.3, -0.25) is 0 Å². The molecule has 2 aliphatic rings. The van der Waals surface area contributed by atoms with Gasteiger partial charge in [0, 0.05) is 0 Å². The Labute approximate surface area is 81.9 Å². The van der Waals surface area contributed by atoms with Crippen molar-refractivity contribution < 1.29 is 8.78 Å². The molecule has 4 unspecified atom stereocenters. The average Bonchev–Trinajstić information content (AvgIpc) is 2.66. The zero-order valence-corrected chi connectivity index (χ0v) is 8.22. The summed E-state index contributed by atoms with van der Waals surface area (Å²) in [7, 11) is 0. The van der Waals surface area contributed by atoms with Gasteiger partial charge in [-0.05, 0) is 46.9 Å². The summed E-state index contributed by atoms with van der Waals surface area (Å²) in [5, 5.41) is 0. The Morgan fingerprint density at radius 2 is 1.57 bits per heavy atom. The quantitative estimate of drug-likeness (QED) is 0.593. The number of fused-ring (bicyclic) bond motifs is 3. The second-order valence-corrected chi connectivity index (χ2v) is 4.61. The molecule has 2 aliphatic carbocycles. The lowest BCUT2D eigenvalue weighted by Crippen LogP contribution is -2.02. The van der Waals surface area contributed by atoms with Crippen LogP contribution in [0.5, 0.6) is 0 Å². The third-order valence-corrected chi connectivity index (χ3v) is 3.99. The standard InChI is InChI=1S/C12H12F2/c1-5-9-6(2)11(9)12-8(14)4-3-7(13)10(5)12/h3-6,9,11H,1-2H3. The van der Waals surface area contributed by atoms with E-state index in [1.165, 1.54) is 12.1 Å². The zero-order chi connectivity index (χ0) is 10.0. The minimum Gasteiger partial charge on any atom is -0.207 e. The van der Waals surface area contributed by atoms with Gasteiger partial charge in [-0.25, -0.2) is 8.78 Å². The molecule has 0 spiro atoms. The van der Waals surface area contributed by atoms with Crippen LogP contribution >= 0.6 is 0 Å². The summed E-state index contributed by atoms with van der Waals surface area (Å²) in [6, 6.07) is 2.51. The number of hydrogen-bond acceptors (Lipinski definition) is 0. The van der Waals surface area contributed by atoms with Gasteiger partial charge in [0.15, 0.2) is 0 Å². The van der Waals surface area contributed by atoms with Crippen LogP contribution in [0.2, 0.25) is 0 Å². The molecule has 0 N–H and O–H groups in total. The van der Waals surface area contributed by atoms with E-state index < -0.39 is 0 Å². The lowest BCUT2D eigenvalue weighted by molar-refractivity contribution is 0.546. The normalized spacial score (nSPS) is 38.0. The summed E-state index contributed by atoms with van der Waals surface area (Å²) < 4.78 is 27.0. The smallest absolute Gasteiger partial charge is 0.127 e. The summed E-state index contributed by atoms with van der Waals surface area (Å²) >= 11 is 0. The van der Waals surface area contributed by atoms with Crippen LogP contribution in [0, 0.1) is 23.5 Å². The Bertz CT molecular complexity index is 409. The maximum atomic E-state index is 13.5. The summed E-state index contributed by atoms with van der Waals surface area (Å²) in [6.45, 7) is 4.13. The first-order chi connectivity index (χ1) is 6.63. The van der Waals surface area contributed by atoms with Gasteiger partial charge in [-0.15, -0.1) is 0 Å². The minimum atomic E-state index is -0.228. The van der Waals surface area contributed by atoms with Crippen molar-refractivity contribution in [1.29, 1.82) is 0 Å². The van der Waals surface area contributed by atoms with Gasteiger partial charge in [-0.1, -0.05) is 13.8 Å². The first kappa shape index (κ1) is 8.39. The number of hydrogen-bond donors (Lipinski definition) is 0. The monoisotopic (exact) mass is 194 g/mol. The molecule has 1 aromatic rings. The molecule has 74 valence electrons. The summed E-state index contributed by atoms with van der Waals surface area (Å²) in [6.07, 6.45) is 0.